The first-order valence-electron chi connectivity index (χ1n) is 6.29. The summed E-state index contributed by atoms with van der Waals surface area (Å²) in [7, 11) is 0. The van der Waals surface area contributed by atoms with Gasteiger partial charge in [0.25, 0.3) is 0 Å². The highest BCUT2D eigenvalue weighted by Crippen LogP contribution is 2.31. The molecule has 0 aliphatic carbocycles. The third-order valence-electron chi connectivity index (χ3n) is 3.61. The van der Waals surface area contributed by atoms with Crippen molar-refractivity contribution in [1.29, 1.82) is 0 Å². The Morgan fingerprint density at radius 2 is 2.29 bits per heavy atom. The van der Waals surface area contributed by atoms with Crippen LogP contribution in [0, 0.1) is 0 Å². The molecule has 1 fully saturated rings. The Hall–Kier alpha value is -0.900. The van der Waals surface area contributed by atoms with Crippen LogP contribution in [0.4, 0.5) is 0 Å². The van der Waals surface area contributed by atoms with Gasteiger partial charge in [-0.1, -0.05) is 18.2 Å². The molecule has 1 aliphatic rings. The normalized spacial score (nSPS) is 22.1. The van der Waals surface area contributed by atoms with Gasteiger partial charge in [0.15, 0.2) is 0 Å². The van der Waals surface area contributed by atoms with E-state index in [0.29, 0.717) is 6.04 Å². The van der Waals surface area contributed by atoms with Crippen LogP contribution in [0.3, 0.4) is 0 Å². The molecule has 2 unspecified atom stereocenters. The molecular formula is C14H18N2S. The highest BCUT2D eigenvalue weighted by Gasteiger charge is 2.19. The minimum absolute atomic E-state index is 0.168. The first-order chi connectivity index (χ1) is 8.34. The zero-order chi connectivity index (χ0) is 11.7. The van der Waals surface area contributed by atoms with Crippen molar-refractivity contribution >= 4 is 21.4 Å². The summed E-state index contributed by atoms with van der Waals surface area (Å²) < 4.78 is 1.34. The Morgan fingerprint density at radius 1 is 1.41 bits per heavy atom. The number of benzene rings is 1. The van der Waals surface area contributed by atoms with Crippen molar-refractivity contribution < 1.29 is 0 Å². The summed E-state index contributed by atoms with van der Waals surface area (Å²) in [6.07, 6.45) is 3.62. The van der Waals surface area contributed by atoms with Crippen LogP contribution in [0.5, 0.6) is 0 Å². The summed E-state index contributed by atoms with van der Waals surface area (Å²) in [5.74, 6) is 0. The van der Waals surface area contributed by atoms with Crippen LogP contribution in [0.2, 0.25) is 0 Å². The van der Waals surface area contributed by atoms with Gasteiger partial charge in [0, 0.05) is 16.8 Å². The fourth-order valence-corrected chi connectivity index (χ4v) is 3.70. The molecule has 17 heavy (non-hydrogen) atoms. The van der Waals surface area contributed by atoms with Gasteiger partial charge in [-0.2, -0.15) is 0 Å². The fraction of sp³-hybridized carbons (Fsp3) is 0.429. The van der Waals surface area contributed by atoms with Crippen molar-refractivity contribution in [1.82, 2.24) is 5.32 Å². The molecule has 3 rings (SSSR count). The number of hydrogen-bond donors (Lipinski definition) is 2. The highest BCUT2D eigenvalue weighted by molar-refractivity contribution is 7.17. The molecule has 90 valence electrons. The van der Waals surface area contributed by atoms with Crippen LogP contribution in [0.25, 0.3) is 10.1 Å². The molecular weight excluding hydrogens is 228 g/mol. The van der Waals surface area contributed by atoms with Crippen molar-refractivity contribution in [3.63, 3.8) is 0 Å². The van der Waals surface area contributed by atoms with Crippen LogP contribution in [-0.2, 0) is 0 Å². The maximum atomic E-state index is 6.35. The van der Waals surface area contributed by atoms with Gasteiger partial charge in [-0.15, -0.1) is 11.3 Å². The monoisotopic (exact) mass is 246 g/mol. The molecule has 1 aromatic heterocycles. The van der Waals surface area contributed by atoms with Gasteiger partial charge < -0.3 is 11.1 Å². The standard InChI is InChI=1S/C14H18N2S/c15-13(8-10-4-3-7-16-10)12-9-17-14-6-2-1-5-11(12)14/h1-2,5-6,9-10,13,16H,3-4,7-8,15H2. The van der Waals surface area contributed by atoms with E-state index < -0.39 is 0 Å². The lowest BCUT2D eigenvalue weighted by atomic mass is 9.99. The van der Waals surface area contributed by atoms with E-state index in [9.17, 15) is 0 Å². The number of nitrogens with one attached hydrogen (secondary N) is 1. The van der Waals surface area contributed by atoms with E-state index in [2.05, 4.69) is 35.0 Å². The summed E-state index contributed by atoms with van der Waals surface area (Å²) in [6.45, 7) is 1.15. The topological polar surface area (TPSA) is 38.0 Å². The van der Waals surface area contributed by atoms with Crippen LogP contribution in [-0.4, -0.2) is 12.6 Å². The van der Waals surface area contributed by atoms with E-state index in [1.807, 2.05) is 0 Å². The van der Waals surface area contributed by atoms with E-state index in [-0.39, 0.29) is 6.04 Å². The number of hydrogen-bond acceptors (Lipinski definition) is 3. The number of fused-ring (bicyclic) bond motifs is 1. The van der Waals surface area contributed by atoms with Crippen molar-refractivity contribution in [2.75, 3.05) is 6.54 Å². The van der Waals surface area contributed by atoms with Crippen molar-refractivity contribution in [3.8, 4) is 0 Å². The second kappa shape index (κ2) is 4.77. The number of nitrogens with two attached hydrogens (primary N) is 1. The Balaban J connectivity index is 1.82. The molecule has 2 atom stereocenters. The second-order valence-electron chi connectivity index (χ2n) is 4.82. The van der Waals surface area contributed by atoms with E-state index in [1.165, 1.54) is 28.5 Å². The predicted molar refractivity (Wildman–Crippen MR) is 74.4 cm³/mol. The smallest absolute Gasteiger partial charge is 0.0346 e. The van der Waals surface area contributed by atoms with Gasteiger partial charge in [-0.25, -0.2) is 0 Å². The summed E-state index contributed by atoms with van der Waals surface area (Å²) >= 11 is 1.80. The quantitative estimate of drug-likeness (QED) is 0.873. The largest absolute Gasteiger partial charge is 0.324 e. The molecule has 0 bridgehead atoms. The van der Waals surface area contributed by atoms with Crippen molar-refractivity contribution in [2.24, 2.45) is 5.73 Å². The molecule has 2 heterocycles. The highest BCUT2D eigenvalue weighted by atomic mass is 32.1. The van der Waals surface area contributed by atoms with Crippen LogP contribution < -0.4 is 11.1 Å². The van der Waals surface area contributed by atoms with Gasteiger partial charge in [0.1, 0.15) is 0 Å². The fourth-order valence-electron chi connectivity index (χ4n) is 2.68. The van der Waals surface area contributed by atoms with Gasteiger partial charge >= 0.3 is 0 Å². The third kappa shape index (κ3) is 2.23. The molecule has 1 aliphatic heterocycles. The molecule has 1 aromatic carbocycles. The van der Waals surface area contributed by atoms with E-state index in [0.717, 1.165) is 13.0 Å². The summed E-state index contributed by atoms with van der Waals surface area (Å²) in [5, 5.41) is 7.08. The Kier molecular flexibility index (Phi) is 3.14. The molecule has 0 radical (unpaired) electrons. The van der Waals surface area contributed by atoms with E-state index in [1.54, 1.807) is 11.3 Å². The summed E-state index contributed by atoms with van der Waals surface area (Å²) in [5.41, 5.74) is 7.67. The molecule has 2 aromatic rings. The molecule has 2 nitrogen and oxygen atoms in total. The minimum Gasteiger partial charge on any atom is -0.324 e. The number of rotatable bonds is 3. The third-order valence-corrected chi connectivity index (χ3v) is 4.59. The average molecular weight is 246 g/mol. The van der Waals surface area contributed by atoms with Crippen molar-refractivity contribution in [3.05, 3.63) is 35.2 Å². The molecule has 0 saturated carbocycles. The van der Waals surface area contributed by atoms with Crippen LogP contribution >= 0.6 is 11.3 Å². The van der Waals surface area contributed by atoms with Crippen LogP contribution in [0.1, 0.15) is 30.9 Å². The minimum atomic E-state index is 0.168. The van der Waals surface area contributed by atoms with Crippen molar-refractivity contribution in [2.45, 2.75) is 31.3 Å². The van der Waals surface area contributed by atoms with Gasteiger partial charge in [-0.3, -0.25) is 0 Å². The Bertz CT molecular complexity index is 500. The first-order valence-corrected chi connectivity index (χ1v) is 7.17. The van der Waals surface area contributed by atoms with E-state index in [4.69, 9.17) is 5.73 Å². The van der Waals surface area contributed by atoms with Gasteiger partial charge in [0.05, 0.1) is 0 Å². The molecule has 0 amide bonds. The SMILES string of the molecule is NC(CC1CCCN1)c1csc2ccccc12. The van der Waals surface area contributed by atoms with Crippen LogP contribution in [0.15, 0.2) is 29.6 Å². The first kappa shape index (κ1) is 11.2. The number of thiophene rings is 1. The zero-order valence-electron chi connectivity index (χ0n) is 9.86. The lowest BCUT2D eigenvalue weighted by Gasteiger charge is -2.16. The zero-order valence-corrected chi connectivity index (χ0v) is 10.7. The second-order valence-corrected chi connectivity index (χ2v) is 5.73. The maximum Gasteiger partial charge on any atom is 0.0346 e. The molecule has 1 saturated heterocycles. The van der Waals surface area contributed by atoms with E-state index >= 15 is 0 Å². The summed E-state index contributed by atoms with van der Waals surface area (Å²) in [4.78, 5) is 0. The summed E-state index contributed by atoms with van der Waals surface area (Å²) in [6, 6.07) is 9.32. The Morgan fingerprint density at radius 3 is 3.12 bits per heavy atom. The predicted octanol–water partition coefficient (Wildman–Crippen LogP) is 3.04. The molecule has 3 N–H and O–H groups in total. The lowest BCUT2D eigenvalue weighted by molar-refractivity contribution is 0.501. The molecule has 3 heteroatoms. The lowest BCUT2D eigenvalue weighted by Crippen LogP contribution is -2.26. The van der Waals surface area contributed by atoms with Gasteiger partial charge in [-0.05, 0) is 48.2 Å². The maximum absolute atomic E-state index is 6.35. The Labute approximate surface area is 106 Å². The molecule has 0 spiro atoms. The van der Waals surface area contributed by atoms with Gasteiger partial charge in [0.2, 0.25) is 0 Å². The average Bonchev–Trinajstić information content (AvgIpc) is 2.96.